The fourth-order valence-electron chi connectivity index (χ4n) is 5.51. The maximum Gasteiger partial charge on any atom is 0.198 e. The number of carbonyl (C=O) groups excluding carboxylic acids is 3. The topological polar surface area (TPSA) is 197 Å². The van der Waals surface area contributed by atoms with Crippen molar-refractivity contribution in [3.63, 3.8) is 0 Å². The molecule has 1 saturated heterocycles. The molecule has 196 valence electrons. The van der Waals surface area contributed by atoms with E-state index in [9.17, 15) is 39.9 Å². The number of rotatable bonds is 4. The van der Waals surface area contributed by atoms with Gasteiger partial charge in [-0.3, -0.25) is 14.4 Å². The lowest BCUT2D eigenvalue weighted by molar-refractivity contribution is -0.247. The van der Waals surface area contributed by atoms with Gasteiger partial charge in [0.2, 0.25) is 0 Å². The van der Waals surface area contributed by atoms with E-state index in [2.05, 4.69) is 0 Å². The first-order valence-electron chi connectivity index (χ1n) is 11.9. The van der Waals surface area contributed by atoms with E-state index in [0.29, 0.717) is 0 Å². The minimum Gasteiger partial charge on any atom is -0.507 e. The van der Waals surface area contributed by atoms with E-state index >= 15 is 0 Å². The molecular weight excluding hydrogens is 486 g/mol. The Bertz CT molecular complexity index is 1310. The van der Waals surface area contributed by atoms with Gasteiger partial charge in [-0.15, -0.1) is 0 Å². The van der Waals surface area contributed by atoms with Gasteiger partial charge >= 0.3 is 0 Å². The molecule has 37 heavy (non-hydrogen) atoms. The molecule has 6 atom stereocenters. The van der Waals surface area contributed by atoms with Crippen LogP contribution in [0.1, 0.15) is 68.8 Å². The highest BCUT2D eigenvalue weighted by molar-refractivity contribution is 6.30. The van der Waals surface area contributed by atoms with E-state index in [-0.39, 0.29) is 28.7 Å². The van der Waals surface area contributed by atoms with Gasteiger partial charge in [-0.05, 0) is 6.92 Å². The molecule has 2 aliphatic carbocycles. The quantitative estimate of drug-likeness (QED) is 0.257. The number of ketones is 3. The highest BCUT2D eigenvalue weighted by Gasteiger charge is 2.49. The lowest BCUT2D eigenvalue weighted by Crippen LogP contribution is -2.53. The molecule has 11 nitrogen and oxygen atoms in total. The van der Waals surface area contributed by atoms with E-state index in [4.69, 9.17) is 15.2 Å². The molecule has 0 radical (unpaired) electrons. The highest BCUT2D eigenvalue weighted by Crippen LogP contribution is 2.52. The van der Waals surface area contributed by atoms with Gasteiger partial charge in [0, 0.05) is 47.6 Å². The van der Waals surface area contributed by atoms with Crippen molar-refractivity contribution >= 4 is 17.3 Å². The molecular formula is C26H27NO10. The predicted octanol–water partition coefficient (Wildman–Crippen LogP) is -0.00730. The zero-order chi connectivity index (χ0) is 26.8. The number of aliphatic hydroxyl groups is 3. The van der Waals surface area contributed by atoms with Crippen molar-refractivity contribution in [2.75, 3.05) is 6.61 Å². The van der Waals surface area contributed by atoms with E-state index in [1.165, 1.54) is 12.1 Å². The molecule has 0 saturated carbocycles. The Hall–Kier alpha value is -3.19. The third-order valence-electron chi connectivity index (χ3n) is 7.50. The third-order valence-corrected chi connectivity index (χ3v) is 7.50. The standard InChI is InChI=1S/C26H27NO10/c1-10-21(30)14(27)6-17(36-10)37-15-8-26(35,16(29)9-28)7-13-18(15)25(34)20-19(24(13)33)22(31)11-4-2-3-5-12(11)23(20)32/h2-5,10,14-15,17,21,28,30,33-35H,6-9,27H2,1H3/t10-,14-,15-,17?,21+,26-/m0/s1. The van der Waals surface area contributed by atoms with Crippen LogP contribution >= 0.6 is 0 Å². The molecule has 0 spiro atoms. The Balaban J connectivity index is 1.67. The number of aromatic hydroxyl groups is 2. The van der Waals surface area contributed by atoms with Crippen molar-refractivity contribution in [3.05, 3.63) is 57.6 Å². The Morgan fingerprint density at radius 3 is 2.30 bits per heavy atom. The summed E-state index contributed by atoms with van der Waals surface area (Å²) in [6.07, 6.45) is -4.97. The van der Waals surface area contributed by atoms with Gasteiger partial charge < -0.3 is 40.7 Å². The zero-order valence-corrected chi connectivity index (χ0v) is 19.9. The number of phenols is 2. The Kier molecular flexibility index (Phi) is 6.18. The summed E-state index contributed by atoms with van der Waals surface area (Å²) in [7, 11) is 0. The SMILES string of the molecule is C[C@@H]1OC(O[C@H]2C[C@](O)(C(=O)CO)Cc3c(O)c4c(c(O)c32)C(=O)c2ccccc2C4=O)C[C@H](N)[C@@H]1O. The second-order valence-electron chi connectivity index (χ2n) is 9.82. The molecule has 1 unspecified atom stereocenters. The number of carbonyl (C=O) groups is 3. The van der Waals surface area contributed by atoms with Crippen molar-refractivity contribution in [1.29, 1.82) is 0 Å². The summed E-state index contributed by atoms with van der Waals surface area (Å²) in [5.41, 5.74) is 2.78. The second kappa shape index (κ2) is 8.98. The first kappa shape index (κ1) is 25.5. The van der Waals surface area contributed by atoms with Crippen LogP contribution in [0.3, 0.4) is 0 Å². The van der Waals surface area contributed by atoms with E-state index in [0.717, 1.165) is 0 Å². The third kappa shape index (κ3) is 3.86. The van der Waals surface area contributed by atoms with Gasteiger partial charge in [0.25, 0.3) is 0 Å². The van der Waals surface area contributed by atoms with Gasteiger partial charge in [0.1, 0.15) is 23.7 Å². The number of fused-ring (bicyclic) bond motifs is 3. The average molecular weight is 513 g/mol. The van der Waals surface area contributed by atoms with Crippen LogP contribution in [0.5, 0.6) is 11.5 Å². The van der Waals surface area contributed by atoms with E-state index in [1.54, 1.807) is 19.1 Å². The van der Waals surface area contributed by atoms with Crippen LogP contribution in [0.4, 0.5) is 0 Å². The molecule has 3 aliphatic rings. The van der Waals surface area contributed by atoms with Crippen molar-refractivity contribution in [2.45, 2.75) is 62.4 Å². The maximum absolute atomic E-state index is 13.3. The number of Topliss-reactive ketones (excluding diaryl/α,β-unsaturated/α-hetero) is 1. The van der Waals surface area contributed by atoms with Gasteiger partial charge in [0.05, 0.1) is 29.4 Å². The lowest BCUT2D eigenvalue weighted by Gasteiger charge is -2.42. The summed E-state index contributed by atoms with van der Waals surface area (Å²) in [6, 6.07) is 5.27. The summed E-state index contributed by atoms with van der Waals surface area (Å²) in [5, 5.41) is 53.4. The normalized spacial score (nSPS) is 30.9. The Morgan fingerprint density at radius 2 is 1.73 bits per heavy atom. The van der Waals surface area contributed by atoms with Gasteiger partial charge in [-0.25, -0.2) is 0 Å². The molecule has 0 bridgehead atoms. The number of aliphatic hydroxyl groups excluding tert-OH is 2. The number of phenolic OH excluding ortho intramolecular Hbond substituents is 2. The largest absolute Gasteiger partial charge is 0.507 e. The van der Waals surface area contributed by atoms with Crippen LogP contribution in [0.2, 0.25) is 0 Å². The minimum atomic E-state index is -2.22. The summed E-state index contributed by atoms with van der Waals surface area (Å²) >= 11 is 0. The van der Waals surface area contributed by atoms with Crippen molar-refractivity contribution in [1.82, 2.24) is 0 Å². The minimum absolute atomic E-state index is 0.0339. The molecule has 7 N–H and O–H groups in total. The molecule has 2 aromatic carbocycles. The molecule has 11 heteroatoms. The maximum atomic E-state index is 13.3. The number of hydrogen-bond donors (Lipinski definition) is 6. The van der Waals surface area contributed by atoms with Gasteiger partial charge in [-0.1, -0.05) is 24.3 Å². The van der Waals surface area contributed by atoms with Crippen LogP contribution in [0.25, 0.3) is 0 Å². The molecule has 1 heterocycles. The van der Waals surface area contributed by atoms with E-state index < -0.39 is 95.7 Å². The van der Waals surface area contributed by atoms with Crippen LogP contribution < -0.4 is 5.73 Å². The molecule has 5 rings (SSSR count). The highest BCUT2D eigenvalue weighted by atomic mass is 16.7. The first-order chi connectivity index (χ1) is 17.5. The fourth-order valence-corrected chi connectivity index (χ4v) is 5.51. The van der Waals surface area contributed by atoms with E-state index in [1.807, 2.05) is 0 Å². The van der Waals surface area contributed by atoms with Crippen LogP contribution in [0, 0.1) is 0 Å². The second-order valence-corrected chi connectivity index (χ2v) is 9.82. The summed E-state index contributed by atoms with van der Waals surface area (Å²) in [5.74, 6) is -3.63. The number of ether oxygens (including phenoxy) is 2. The van der Waals surface area contributed by atoms with Crippen LogP contribution in [-0.4, -0.2) is 79.6 Å². The lowest BCUT2D eigenvalue weighted by atomic mass is 9.72. The number of benzene rings is 2. The Labute approximate surface area is 211 Å². The predicted molar refractivity (Wildman–Crippen MR) is 125 cm³/mol. The Morgan fingerprint density at radius 1 is 1.14 bits per heavy atom. The molecule has 0 aromatic heterocycles. The first-order valence-corrected chi connectivity index (χ1v) is 11.9. The summed E-state index contributed by atoms with van der Waals surface area (Å²) in [6.45, 7) is 0.580. The summed E-state index contributed by atoms with van der Waals surface area (Å²) in [4.78, 5) is 39.2. The smallest absolute Gasteiger partial charge is 0.198 e. The zero-order valence-electron chi connectivity index (χ0n) is 19.9. The molecule has 1 aliphatic heterocycles. The monoisotopic (exact) mass is 513 g/mol. The van der Waals surface area contributed by atoms with Crippen molar-refractivity contribution in [2.24, 2.45) is 5.73 Å². The van der Waals surface area contributed by atoms with Gasteiger partial charge in [-0.2, -0.15) is 0 Å². The van der Waals surface area contributed by atoms with Crippen LogP contribution in [0.15, 0.2) is 24.3 Å². The molecule has 0 amide bonds. The number of nitrogens with two attached hydrogens (primary N) is 1. The van der Waals surface area contributed by atoms with Crippen LogP contribution in [-0.2, 0) is 20.7 Å². The van der Waals surface area contributed by atoms with Gasteiger partial charge in [0.15, 0.2) is 23.6 Å². The van der Waals surface area contributed by atoms with Crippen molar-refractivity contribution in [3.8, 4) is 11.5 Å². The van der Waals surface area contributed by atoms with Crippen molar-refractivity contribution < 1.29 is 49.4 Å². The summed E-state index contributed by atoms with van der Waals surface area (Å²) < 4.78 is 11.7. The molecule has 1 fully saturated rings. The average Bonchev–Trinajstić information content (AvgIpc) is 2.87. The number of hydrogen-bond acceptors (Lipinski definition) is 11. The molecule has 2 aromatic rings. The fraction of sp³-hybridized carbons (Fsp3) is 0.423.